The first-order valence-corrected chi connectivity index (χ1v) is 11.3. The number of aromatic nitrogens is 2. The molecular formula is C23H25FN4O3S. The van der Waals surface area contributed by atoms with Crippen molar-refractivity contribution in [2.45, 2.75) is 45.1 Å². The molecule has 0 bridgehead atoms. The molecule has 0 spiro atoms. The Morgan fingerprint density at radius 3 is 2.56 bits per heavy atom. The summed E-state index contributed by atoms with van der Waals surface area (Å²) in [6.45, 7) is 6.16. The SMILES string of the molecule is CC(C)(C)n1nc(C2CC2)cc1C(=O)NCCN1C(=O)S/C(=C/c2ccc(F)cc2)C1=O. The fourth-order valence-electron chi connectivity index (χ4n) is 3.43. The number of carbonyl (C=O) groups is 3. The summed E-state index contributed by atoms with van der Waals surface area (Å²) in [4.78, 5) is 39.1. The number of nitrogens with one attached hydrogen (secondary N) is 1. The van der Waals surface area contributed by atoms with Crippen LogP contribution in [0.15, 0.2) is 35.2 Å². The van der Waals surface area contributed by atoms with E-state index in [2.05, 4.69) is 10.4 Å². The van der Waals surface area contributed by atoms with Gasteiger partial charge in [0.15, 0.2) is 0 Å². The van der Waals surface area contributed by atoms with Crippen LogP contribution in [-0.2, 0) is 10.3 Å². The molecule has 3 amide bonds. The van der Waals surface area contributed by atoms with Crippen molar-refractivity contribution in [2.75, 3.05) is 13.1 Å². The van der Waals surface area contributed by atoms with Gasteiger partial charge in [-0.15, -0.1) is 0 Å². The molecule has 32 heavy (non-hydrogen) atoms. The van der Waals surface area contributed by atoms with Crippen LogP contribution in [0.25, 0.3) is 6.08 Å². The molecule has 9 heteroatoms. The van der Waals surface area contributed by atoms with Crippen molar-refractivity contribution in [3.8, 4) is 0 Å². The second-order valence-corrected chi connectivity index (χ2v) is 9.95. The van der Waals surface area contributed by atoms with Gasteiger partial charge in [0, 0.05) is 19.0 Å². The lowest BCUT2D eigenvalue weighted by molar-refractivity contribution is -0.122. The van der Waals surface area contributed by atoms with Crippen LogP contribution in [0.3, 0.4) is 0 Å². The van der Waals surface area contributed by atoms with E-state index in [0.717, 1.165) is 35.2 Å². The van der Waals surface area contributed by atoms with E-state index in [1.54, 1.807) is 10.8 Å². The van der Waals surface area contributed by atoms with Crippen molar-refractivity contribution in [1.82, 2.24) is 20.0 Å². The van der Waals surface area contributed by atoms with E-state index in [9.17, 15) is 18.8 Å². The van der Waals surface area contributed by atoms with Crippen molar-refractivity contribution in [3.63, 3.8) is 0 Å². The number of hydrogen-bond donors (Lipinski definition) is 1. The summed E-state index contributed by atoms with van der Waals surface area (Å²) in [6.07, 6.45) is 3.74. The summed E-state index contributed by atoms with van der Waals surface area (Å²) in [5.41, 5.74) is 1.69. The second-order valence-electron chi connectivity index (χ2n) is 8.95. The Morgan fingerprint density at radius 1 is 1.25 bits per heavy atom. The number of carbonyl (C=O) groups excluding carboxylic acids is 3. The monoisotopic (exact) mass is 456 g/mol. The minimum atomic E-state index is -0.422. The van der Waals surface area contributed by atoms with E-state index in [1.807, 2.05) is 26.8 Å². The third-order valence-corrected chi connectivity index (χ3v) is 6.16. The summed E-state index contributed by atoms with van der Waals surface area (Å²) in [7, 11) is 0. The zero-order valence-corrected chi connectivity index (χ0v) is 19.0. The molecule has 1 aromatic heterocycles. The first kappa shape index (κ1) is 22.3. The Hall–Kier alpha value is -2.94. The number of thioether (sulfide) groups is 1. The van der Waals surface area contributed by atoms with Crippen LogP contribution >= 0.6 is 11.8 Å². The molecule has 0 radical (unpaired) electrons. The molecule has 2 aliphatic rings. The maximum Gasteiger partial charge on any atom is 0.293 e. The zero-order valence-electron chi connectivity index (χ0n) is 18.2. The van der Waals surface area contributed by atoms with Gasteiger partial charge in [0.05, 0.1) is 16.1 Å². The number of halogens is 1. The normalized spacial score (nSPS) is 18.0. The minimum Gasteiger partial charge on any atom is -0.349 e. The van der Waals surface area contributed by atoms with E-state index in [0.29, 0.717) is 17.2 Å². The highest BCUT2D eigenvalue weighted by atomic mass is 32.2. The number of nitrogens with zero attached hydrogens (tertiary/aromatic N) is 3. The lowest BCUT2D eigenvalue weighted by atomic mass is 10.1. The fraction of sp³-hybridized carbons (Fsp3) is 0.391. The molecule has 2 fully saturated rings. The second kappa shape index (κ2) is 8.54. The van der Waals surface area contributed by atoms with E-state index >= 15 is 0 Å². The third kappa shape index (κ3) is 4.77. The molecule has 1 N–H and O–H groups in total. The van der Waals surface area contributed by atoms with Crippen molar-refractivity contribution in [2.24, 2.45) is 0 Å². The van der Waals surface area contributed by atoms with Gasteiger partial charge in [-0.25, -0.2) is 4.39 Å². The Bertz CT molecular complexity index is 1100. The Labute approximate surface area is 190 Å². The predicted octanol–water partition coefficient (Wildman–Crippen LogP) is 4.12. The summed E-state index contributed by atoms with van der Waals surface area (Å²) in [5, 5.41) is 7.04. The van der Waals surface area contributed by atoms with Crippen molar-refractivity contribution < 1.29 is 18.8 Å². The lowest BCUT2D eigenvalue weighted by Gasteiger charge is -2.22. The maximum atomic E-state index is 13.1. The van der Waals surface area contributed by atoms with Crippen LogP contribution < -0.4 is 5.32 Å². The van der Waals surface area contributed by atoms with Crippen LogP contribution in [0.1, 0.15) is 61.3 Å². The third-order valence-electron chi connectivity index (χ3n) is 5.25. The van der Waals surface area contributed by atoms with Crippen LogP contribution in [0.2, 0.25) is 0 Å². The number of rotatable bonds is 6. The standard InChI is InChI=1S/C23H25FN4O3S/c1-23(2,3)28-18(13-17(26-28)15-6-7-15)20(29)25-10-11-27-21(30)19(32-22(27)31)12-14-4-8-16(24)9-5-14/h4-5,8-9,12-13,15H,6-7,10-11H2,1-3H3,(H,25,29)/b19-12+. The molecule has 1 aliphatic carbocycles. The van der Waals surface area contributed by atoms with Gasteiger partial charge in [-0.1, -0.05) is 12.1 Å². The Kier molecular flexibility index (Phi) is 5.94. The van der Waals surface area contributed by atoms with Crippen LogP contribution in [0, 0.1) is 5.82 Å². The Balaban J connectivity index is 1.39. The number of hydrogen-bond acceptors (Lipinski definition) is 5. The molecule has 7 nitrogen and oxygen atoms in total. The first-order chi connectivity index (χ1) is 15.1. The van der Waals surface area contributed by atoms with Gasteiger partial charge in [0.1, 0.15) is 11.5 Å². The molecule has 1 aliphatic heterocycles. The first-order valence-electron chi connectivity index (χ1n) is 10.5. The van der Waals surface area contributed by atoms with Crippen molar-refractivity contribution in [3.05, 3.63) is 58.0 Å². The molecule has 2 aromatic rings. The van der Waals surface area contributed by atoms with Gasteiger partial charge in [0.2, 0.25) is 0 Å². The molecule has 4 rings (SSSR count). The van der Waals surface area contributed by atoms with E-state index < -0.39 is 11.1 Å². The summed E-state index contributed by atoms with van der Waals surface area (Å²) < 4.78 is 14.8. The van der Waals surface area contributed by atoms with E-state index in [1.165, 1.54) is 24.3 Å². The Morgan fingerprint density at radius 2 is 1.94 bits per heavy atom. The summed E-state index contributed by atoms with van der Waals surface area (Å²) in [6, 6.07) is 7.50. The average Bonchev–Trinajstić information content (AvgIpc) is 3.42. The minimum absolute atomic E-state index is 0.0658. The topological polar surface area (TPSA) is 84.3 Å². The molecule has 1 aromatic carbocycles. The molecular weight excluding hydrogens is 431 g/mol. The van der Waals surface area contributed by atoms with Crippen molar-refractivity contribution >= 4 is 34.9 Å². The van der Waals surface area contributed by atoms with Gasteiger partial charge >= 0.3 is 0 Å². The number of amides is 3. The van der Waals surface area contributed by atoms with Crippen molar-refractivity contribution in [1.29, 1.82) is 0 Å². The van der Waals surface area contributed by atoms with Crippen LogP contribution in [-0.4, -0.2) is 44.8 Å². The average molecular weight is 457 g/mol. The molecule has 168 valence electrons. The van der Waals surface area contributed by atoms with E-state index in [4.69, 9.17) is 0 Å². The summed E-state index contributed by atoms with van der Waals surface area (Å²) in [5.74, 6) is -0.654. The van der Waals surface area contributed by atoms with Crippen LogP contribution in [0.5, 0.6) is 0 Å². The number of benzene rings is 1. The molecule has 0 unspecified atom stereocenters. The predicted molar refractivity (Wildman–Crippen MR) is 121 cm³/mol. The van der Waals surface area contributed by atoms with Gasteiger partial charge in [-0.2, -0.15) is 5.10 Å². The highest BCUT2D eigenvalue weighted by molar-refractivity contribution is 8.18. The molecule has 1 saturated carbocycles. The summed E-state index contributed by atoms with van der Waals surface area (Å²) >= 11 is 0.833. The quantitative estimate of drug-likeness (QED) is 0.661. The molecule has 0 atom stereocenters. The number of imide groups is 1. The largest absolute Gasteiger partial charge is 0.349 e. The van der Waals surface area contributed by atoms with Gasteiger partial charge in [0.25, 0.3) is 17.1 Å². The maximum absolute atomic E-state index is 13.1. The lowest BCUT2D eigenvalue weighted by Crippen LogP contribution is -2.38. The highest BCUT2D eigenvalue weighted by Gasteiger charge is 2.35. The highest BCUT2D eigenvalue weighted by Crippen LogP contribution is 2.40. The van der Waals surface area contributed by atoms with Gasteiger partial charge in [-0.3, -0.25) is 24.0 Å². The molecule has 1 saturated heterocycles. The molecule has 2 heterocycles. The van der Waals surface area contributed by atoms with Gasteiger partial charge in [-0.05, 0) is 75.2 Å². The van der Waals surface area contributed by atoms with Crippen LogP contribution in [0.4, 0.5) is 9.18 Å². The van der Waals surface area contributed by atoms with E-state index in [-0.39, 0.29) is 35.3 Å². The van der Waals surface area contributed by atoms with Gasteiger partial charge < -0.3 is 5.32 Å². The smallest absolute Gasteiger partial charge is 0.293 e. The zero-order chi connectivity index (χ0) is 23.0. The fourth-order valence-corrected chi connectivity index (χ4v) is 4.29.